The van der Waals surface area contributed by atoms with E-state index in [2.05, 4.69) is 27.4 Å². The van der Waals surface area contributed by atoms with Crippen molar-refractivity contribution < 1.29 is 19.4 Å². The highest BCUT2D eigenvalue weighted by Gasteiger charge is 2.53. The first-order valence-electron chi connectivity index (χ1n) is 9.50. The average molecular weight is 348 g/mol. The topological polar surface area (TPSA) is 55.8 Å². The number of esters is 1. The Morgan fingerprint density at radius 3 is 2.76 bits per heavy atom. The van der Waals surface area contributed by atoms with Gasteiger partial charge < -0.3 is 14.6 Å². The zero-order chi connectivity index (χ0) is 18.4. The fourth-order valence-electron chi connectivity index (χ4n) is 5.85. The van der Waals surface area contributed by atoms with Crippen LogP contribution in [0.25, 0.3) is 0 Å². The first kappa shape index (κ1) is 18.7. The molecule has 2 fully saturated rings. The van der Waals surface area contributed by atoms with Gasteiger partial charge in [0.05, 0.1) is 11.7 Å². The summed E-state index contributed by atoms with van der Waals surface area (Å²) in [5.41, 5.74) is 2.02. The summed E-state index contributed by atoms with van der Waals surface area (Å²) in [6.07, 6.45) is 6.50. The Bertz CT molecular complexity index is 591. The van der Waals surface area contributed by atoms with Gasteiger partial charge in [0, 0.05) is 7.11 Å². The van der Waals surface area contributed by atoms with Crippen LogP contribution < -0.4 is 0 Å². The summed E-state index contributed by atoms with van der Waals surface area (Å²) in [5.74, 6) is 0.398. The van der Waals surface area contributed by atoms with Gasteiger partial charge in [0.15, 0.2) is 0 Å². The number of cyclic esters (lactones) is 1. The van der Waals surface area contributed by atoms with E-state index in [-0.39, 0.29) is 11.3 Å². The number of hydrogen-bond donors (Lipinski definition) is 1. The minimum atomic E-state index is -0.824. The minimum absolute atomic E-state index is 0.141. The van der Waals surface area contributed by atoms with Crippen molar-refractivity contribution in [2.24, 2.45) is 22.7 Å². The highest BCUT2D eigenvalue weighted by molar-refractivity contribution is 5.91. The van der Waals surface area contributed by atoms with Gasteiger partial charge in [0.2, 0.25) is 6.29 Å². The predicted molar refractivity (Wildman–Crippen MR) is 96.7 cm³/mol. The lowest BCUT2D eigenvalue weighted by Crippen LogP contribution is -2.50. The van der Waals surface area contributed by atoms with Crippen molar-refractivity contribution in [3.8, 4) is 0 Å². The minimum Gasteiger partial charge on any atom is -0.428 e. The standard InChI is InChI=1S/C21H32O4/c1-13-7-8-17-20(2,3)9-6-10-21(17,4)15(13)12-16(22)14-11-18(24-5)25-19(14)23/h11,15-18,22H,1,6-10,12H2,2-5H3/t15-,16?,17?,18?,21+/m0/s1. The first-order valence-corrected chi connectivity index (χ1v) is 9.50. The van der Waals surface area contributed by atoms with Crippen LogP contribution in [0.5, 0.6) is 0 Å². The van der Waals surface area contributed by atoms with Crippen molar-refractivity contribution in [2.75, 3.05) is 7.11 Å². The molecule has 2 saturated carbocycles. The molecule has 0 aromatic carbocycles. The molecular weight excluding hydrogens is 316 g/mol. The molecule has 1 heterocycles. The number of fused-ring (bicyclic) bond motifs is 1. The van der Waals surface area contributed by atoms with Crippen molar-refractivity contribution in [3.63, 3.8) is 0 Å². The van der Waals surface area contributed by atoms with Crippen LogP contribution in [0, 0.1) is 22.7 Å². The molecule has 4 nitrogen and oxygen atoms in total. The van der Waals surface area contributed by atoms with E-state index in [9.17, 15) is 9.90 Å². The quantitative estimate of drug-likeness (QED) is 0.616. The van der Waals surface area contributed by atoms with Crippen LogP contribution in [0.3, 0.4) is 0 Å². The van der Waals surface area contributed by atoms with Crippen molar-refractivity contribution in [2.45, 2.75) is 71.7 Å². The Hall–Kier alpha value is -1.13. The molecule has 0 aromatic heterocycles. The van der Waals surface area contributed by atoms with Crippen LogP contribution in [-0.2, 0) is 14.3 Å². The van der Waals surface area contributed by atoms with Crippen LogP contribution in [-0.4, -0.2) is 30.6 Å². The fourth-order valence-corrected chi connectivity index (χ4v) is 5.85. The predicted octanol–water partition coefficient (Wildman–Crippen LogP) is 3.99. The second-order valence-corrected chi connectivity index (χ2v) is 9.03. The molecule has 5 atom stereocenters. The van der Waals surface area contributed by atoms with Crippen LogP contribution in [0.15, 0.2) is 23.8 Å². The highest BCUT2D eigenvalue weighted by Crippen LogP contribution is 2.61. The zero-order valence-electron chi connectivity index (χ0n) is 16.0. The van der Waals surface area contributed by atoms with Crippen LogP contribution in [0.4, 0.5) is 0 Å². The third-order valence-corrected chi connectivity index (χ3v) is 7.14. The van der Waals surface area contributed by atoms with E-state index in [1.54, 1.807) is 6.08 Å². The summed E-state index contributed by atoms with van der Waals surface area (Å²) in [5, 5.41) is 10.8. The lowest BCUT2D eigenvalue weighted by Gasteiger charge is -2.58. The molecule has 0 spiro atoms. The van der Waals surface area contributed by atoms with E-state index in [1.165, 1.54) is 38.4 Å². The maximum Gasteiger partial charge on any atom is 0.339 e. The third kappa shape index (κ3) is 3.19. The maximum atomic E-state index is 12.0. The van der Waals surface area contributed by atoms with Crippen LogP contribution in [0.2, 0.25) is 0 Å². The van der Waals surface area contributed by atoms with E-state index in [0.29, 0.717) is 23.3 Å². The smallest absolute Gasteiger partial charge is 0.339 e. The Morgan fingerprint density at radius 2 is 2.12 bits per heavy atom. The van der Waals surface area contributed by atoms with Gasteiger partial charge in [-0.05, 0) is 60.8 Å². The molecule has 3 aliphatic rings. The second kappa shape index (κ2) is 6.55. The number of aliphatic hydroxyl groups is 1. The van der Waals surface area contributed by atoms with Crippen molar-refractivity contribution in [3.05, 3.63) is 23.8 Å². The molecule has 3 rings (SSSR count). The molecule has 0 saturated heterocycles. The zero-order valence-corrected chi connectivity index (χ0v) is 16.0. The normalized spacial score (nSPS) is 38.8. The molecule has 0 bridgehead atoms. The molecule has 0 amide bonds. The summed E-state index contributed by atoms with van der Waals surface area (Å²) >= 11 is 0. The van der Waals surface area contributed by atoms with Crippen molar-refractivity contribution in [1.29, 1.82) is 0 Å². The van der Waals surface area contributed by atoms with Gasteiger partial charge in [-0.2, -0.15) is 0 Å². The third-order valence-electron chi connectivity index (χ3n) is 7.14. The van der Waals surface area contributed by atoms with E-state index < -0.39 is 18.4 Å². The molecule has 140 valence electrons. The SMILES string of the molecule is C=C1CCC2C(C)(C)CCC[C@]2(C)[C@H]1CC(O)C1=CC(OC)OC1=O. The lowest BCUT2D eigenvalue weighted by atomic mass is 9.47. The van der Waals surface area contributed by atoms with Gasteiger partial charge in [0.1, 0.15) is 0 Å². The summed E-state index contributed by atoms with van der Waals surface area (Å²) in [7, 11) is 1.49. The molecule has 1 aliphatic heterocycles. The van der Waals surface area contributed by atoms with E-state index in [4.69, 9.17) is 9.47 Å². The summed E-state index contributed by atoms with van der Waals surface area (Å²) in [6, 6.07) is 0. The molecule has 2 aliphatic carbocycles. The van der Waals surface area contributed by atoms with E-state index in [0.717, 1.165) is 6.42 Å². The molecule has 0 aromatic rings. The van der Waals surface area contributed by atoms with Gasteiger partial charge in [-0.1, -0.05) is 39.3 Å². The Kier molecular flexibility index (Phi) is 4.89. The molecule has 25 heavy (non-hydrogen) atoms. The molecule has 3 unspecified atom stereocenters. The van der Waals surface area contributed by atoms with Gasteiger partial charge in [-0.15, -0.1) is 0 Å². The highest BCUT2D eigenvalue weighted by atomic mass is 16.7. The van der Waals surface area contributed by atoms with E-state index >= 15 is 0 Å². The second-order valence-electron chi connectivity index (χ2n) is 9.03. The number of allylic oxidation sites excluding steroid dienone is 1. The van der Waals surface area contributed by atoms with Crippen LogP contribution in [0.1, 0.15) is 59.3 Å². The number of ether oxygens (including phenoxy) is 2. The lowest BCUT2D eigenvalue weighted by molar-refractivity contribution is -0.155. The van der Waals surface area contributed by atoms with Gasteiger partial charge >= 0.3 is 5.97 Å². The number of aliphatic hydroxyl groups excluding tert-OH is 1. The Morgan fingerprint density at radius 1 is 1.40 bits per heavy atom. The van der Waals surface area contributed by atoms with E-state index in [1.807, 2.05) is 0 Å². The largest absolute Gasteiger partial charge is 0.428 e. The number of rotatable bonds is 4. The number of carbonyl (C=O) groups excluding carboxylic acids is 1. The molecule has 1 N–H and O–H groups in total. The summed E-state index contributed by atoms with van der Waals surface area (Å²) in [6.45, 7) is 11.5. The maximum absolute atomic E-state index is 12.0. The number of methoxy groups -OCH3 is 1. The van der Waals surface area contributed by atoms with Crippen molar-refractivity contribution in [1.82, 2.24) is 0 Å². The molecule has 0 radical (unpaired) electrons. The fraction of sp³-hybridized carbons (Fsp3) is 0.762. The summed E-state index contributed by atoms with van der Waals surface area (Å²) in [4.78, 5) is 12.0. The van der Waals surface area contributed by atoms with Gasteiger partial charge in [-0.25, -0.2) is 4.79 Å². The molecular formula is C21H32O4. The number of carbonyl (C=O) groups is 1. The monoisotopic (exact) mass is 348 g/mol. The average Bonchev–Trinajstić information content (AvgIpc) is 2.91. The Balaban J connectivity index is 1.82. The number of hydrogen-bond acceptors (Lipinski definition) is 4. The van der Waals surface area contributed by atoms with Crippen LogP contribution >= 0.6 is 0 Å². The van der Waals surface area contributed by atoms with Crippen molar-refractivity contribution >= 4 is 5.97 Å². The van der Waals surface area contributed by atoms with Gasteiger partial charge in [0.25, 0.3) is 0 Å². The van der Waals surface area contributed by atoms with Gasteiger partial charge in [-0.3, -0.25) is 0 Å². The summed E-state index contributed by atoms with van der Waals surface area (Å²) < 4.78 is 10.1. The molecule has 4 heteroatoms. The Labute approximate surface area is 151 Å². The first-order chi connectivity index (χ1) is 11.7.